The third-order valence-electron chi connectivity index (χ3n) is 3.37. The van der Waals surface area contributed by atoms with Crippen LogP contribution in [-0.4, -0.2) is 38.9 Å². The second-order valence-electron chi connectivity index (χ2n) is 4.68. The smallest absolute Gasteiger partial charge is 0.309 e. The topological polar surface area (TPSA) is 63.7 Å². The van der Waals surface area contributed by atoms with Gasteiger partial charge in [0.25, 0.3) is 0 Å². The normalized spacial score (nSPS) is 20.6. The van der Waals surface area contributed by atoms with Crippen LogP contribution in [-0.2, 0) is 19.6 Å². The van der Waals surface area contributed by atoms with Gasteiger partial charge in [-0.15, -0.1) is 0 Å². The number of piperidine rings is 1. The summed E-state index contributed by atoms with van der Waals surface area (Å²) in [5.41, 5.74) is 0. The van der Waals surface area contributed by atoms with Gasteiger partial charge in [-0.3, -0.25) is 4.79 Å². The van der Waals surface area contributed by atoms with Crippen molar-refractivity contribution < 1.29 is 17.9 Å². The van der Waals surface area contributed by atoms with E-state index in [9.17, 15) is 13.2 Å². The van der Waals surface area contributed by atoms with Crippen LogP contribution in [0.2, 0.25) is 0 Å². The zero-order valence-corrected chi connectivity index (χ0v) is 13.5. The van der Waals surface area contributed by atoms with Gasteiger partial charge in [0.1, 0.15) is 0 Å². The fourth-order valence-corrected chi connectivity index (χ4v) is 4.06. The lowest BCUT2D eigenvalue weighted by atomic mass is 10.0. The van der Waals surface area contributed by atoms with Crippen LogP contribution in [0.25, 0.3) is 0 Å². The highest BCUT2D eigenvalue weighted by atomic mass is 79.9. The molecule has 1 aromatic rings. The molecule has 1 aliphatic heterocycles. The van der Waals surface area contributed by atoms with E-state index in [4.69, 9.17) is 4.74 Å². The van der Waals surface area contributed by atoms with E-state index >= 15 is 0 Å². The maximum absolute atomic E-state index is 12.5. The van der Waals surface area contributed by atoms with Crippen molar-refractivity contribution in [3.05, 3.63) is 28.7 Å². The van der Waals surface area contributed by atoms with E-state index < -0.39 is 10.0 Å². The molecular formula is C13H16BrNO4S. The van der Waals surface area contributed by atoms with Crippen LogP contribution in [0, 0.1) is 5.92 Å². The quantitative estimate of drug-likeness (QED) is 0.772. The van der Waals surface area contributed by atoms with Gasteiger partial charge in [-0.2, -0.15) is 4.31 Å². The highest BCUT2D eigenvalue weighted by Gasteiger charge is 2.33. The van der Waals surface area contributed by atoms with Crippen LogP contribution in [0.15, 0.2) is 33.6 Å². The maximum Gasteiger partial charge on any atom is 0.309 e. The largest absolute Gasteiger partial charge is 0.469 e. The summed E-state index contributed by atoms with van der Waals surface area (Å²) in [5.74, 6) is -0.723. The van der Waals surface area contributed by atoms with Crippen molar-refractivity contribution in [1.29, 1.82) is 0 Å². The van der Waals surface area contributed by atoms with Crippen LogP contribution in [0.1, 0.15) is 12.8 Å². The average molecular weight is 362 g/mol. The molecule has 0 N–H and O–H groups in total. The van der Waals surface area contributed by atoms with Crippen molar-refractivity contribution >= 4 is 31.9 Å². The van der Waals surface area contributed by atoms with Crippen LogP contribution < -0.4 is 0 Å². The molecule has 7 heteroatoms. The zero-order valence-electron chi connectivity index (χ0n) is 11.1. The first kappa shape index (κ1) is 15.5. The van der Waals surface area contributed by atoms with Gasteiger partial charge in [-0.05, 0) is 37.1 Å². The number of methoxy groups -OCH3 is 1. The van der Waals surface area contributed by atoms with E-state index in [0.717, 1.165) is 4.47 Å². The van der Waals surface area contributed by atoms with Crippen molar-refractivity contribution in [2.75, 3.05) is 20.2 Å². The lowest BCUT2D eigenvalue weighted by molar-refractivity contribution is -0.146. The van der Waals surface area contributed by atoms with Crippen molar-refractivity contribution in [3.8, 4) is 0 Å². The Hall–Kier alpha value is -0.920. The Labute approximate surface area is 127 Å². The molecule has 1 unspecified atom stereocenters. The van der Waals surface area contributed by atoms with Gasteiger partial charge >= 0.3 is 5.97 Å². The molecule has 110 valence electrons. The first-order valence-electron chi connectivity index (χ1n) is 6.28. The number of ether oxygens (including phenoxy) is 1. The Kier molecular flexibility index (Phi) is 4.82. The number of esters is 1. The molecule has 0 bridgehead atoms. The van der Waals surface area contributed by atoms with E-state index in [1.54, 1.807) is 24.3 Å². The molecule has 0 radical (unpaired) electrons. The monoisotopic (exact) mass is 361 g/mol. The van der Waals surface area contributed by atoms with Crippen molar-refractivity contribution in [2.45, 2.75) is 17.7 Å². The number of halogens is 1. The average Bonchev–Trinajstić information content (AvgIpc) is 2.47. The molecule has 1 atom stereocenters. The number of hydrogen-bond acceptors (Lipinski definition) is 4. The molecule has 1 saturated heterocycles. The van der Waals surface area contributed by atoms with Crippen LogP contribution in [0.5, 0.6) is 0 Å². The van der Waals surface area contributed by atoms with Gasteiger partial charge in [-0.1, -0.05) is 15.9 Å². The molecule has 0 saturated carbocycles. The molecule has 1 aromatic carbocycles. The maximum atomic E-state index is 12.5. The predicted molar refractivity (Wildman–Crippen MR) is 77.6 cm³/mol. The summed E-state index contributed by atoms with van der Waals surface area (Å²) < 4.78 is 31.9. The summed E-state index contributed by atoms with van der Waals surface area (Å²) in [6.45, 7) is 0.622. The summed E-state index contributed by atoms with van der Waals surface area (Å²) in [6.07, 6.45) is 1.33. The third kappa shape index (κ3) is 3.21. The highest BCUT2D eigenvalue weighted by molar-refractivity contribution is 9.10. The van der Waals surface area contributed by atoms with E-state index in [1.807, 2.05) is 0 Å². The fourth-order valence-electron chi connectivity index (χ4n) is 2.28. The second kappa shape index (κ2) is 6.24. The molecule has 2 rings (SSSR count). The minimum Gasteiger partial charge on any atom is -0.469 e. The van der Waals surface area contributed by atoms with Gasteiger partial charge in [0.05, 0.1) is 17.9 Å². The molecule has 0 aromatic heterocycles. The van der Waals surface area contributed by atoms with Gasteiger partial charge < -0.3 is 4.74 Å². The number of sulfonamides is 1. The molecule has 0 spiro atoms. The fraction of sp³-hybridized carbons (Fsp3) is 0.462. The molecule has 5 nitrogen and oxygen atoms in total. The number of carbonyl (C=O) groups excluding carboxylic acids is 1. The Morgan fingerprint density at radius 3 is 2.60 bits per heavy atom. The van der Waals surface area contributed by atoms with E-state index in [-0.39, 0.29) is 23.3 Å². The standard InChI is InChI=1S/C13H16BrNO4S/c1-19-13(16)10-3-2-8-15(9-10)20(17,18)12-6-4-11(14)5-7-12/h4-7,10H,2-3,8-9H2,1H3. The van der Waals surface area contributed by atoms with Crippen LogP contribution >= 0.6 is 15.9 Å². The molecule has 1 aliphatic rings. The summed E-state index contributed by atoms with van der Waals surface area (Å²) in [6, 6.07) is 6.49. The first-order valence-corrected chi connectivity index (χ1v) is 8.52. The van der Waals surface area contributed by atoms with E-state index in [2.05, 4.69) is 15.9 Å². The lowest BCUT2D eigenvalue weighted by Crippen LogP contribution is -2.42. The SMILES string of the molecule is COC(=O)C1CCCN(S(=O)(=O)c2ccc(Br)cc2)C1. The molecule has 0 aliphatic carbocycles. The Morgan fingerprint density at radius 1 is 1.35 bits per heavy atom. The first-order chi connectivity index (χ1) is 9.45. The minimum atomic E-state index is -3.55. The minimum absolute atomic E-state index is 0.186. The second-order valence-corrected chi connectivity index (χ2v) is 7.53. The van der Waals surface area contributed by atoms with E-state index in [0.29, 0.717) is 19.4 Å². The van der Waals surface area contributed by atoms with Crippen LogP contribution in [0.3, 0.4) is 0 Å². The van der Waals surface area contributed by atoms with Crippen molar-refractivity contribution in [1.82, 2.24) is 4.31 Å². The summed E-state index contributed by atoms with van der Waals surface area (Å²) in [4.78, 5) is 11.8. The van der Waals surface area contributed by atoms with Gasteiger partial charge in [0.2, 0.25) is 10.0 Å². The summed E-state index contributed by atoms with van der Waals surface area (Å²) in [5, 5.41) is 0. The number of hydrogen-bond donors (Lipinski definition) is 0. The summed E-state index contributed by atoms with van der Waals surface area (Å²) >= 11 is 3.28. The van der Waals surface area contributed by atoms with Gasteiger partial charge in [0.15, 0.2) is 0 Å². The molecule has 20 heavy (non-hydrogen) atoms. The molecule has 1 fully saturated rings. The van der Waals surface area contributed by atoms with Crippen molar-refractivity contribution in [3.63, 3.8) is 0 Å². The molecule has 1 heterocycles. The van der Waals surface area contributed by atoms with E-state index in [1.165, 1.54) is 11.4 Å². The number of rotatable bonds is 3. The van der Waals surface area contributed by atoms with Crippen molar-refractivity contribution in [2.24, 2.45) is 5.92 Å². The highest BCUT2D eigenvalue weighted by Crippen LogP contribution is 2.25. The molecular weight excluding hydrogens is 346 g/mol. The predicted octanol–water partition coefficient (Wildman–Crippen LogP) is 2.02. The lowest BCUT2D eigenvalue weighted by Gasteiger charge is -2.30. The molecule has 0 amide bonds. The Balaban J connectivity index is 2.21. The van der Waals surface area contributed by atoms with Gasteiger partial charge in [0, 0.05) is 17.6 Å². The number of benzene rings is 1. The zero-order chi connectivity index (χ0) is 14.8. The summed E-state index contributed by atoms with van der Waals surface area (Å²) in [7, 11) is -2.22. The van der Waals surface area contributed by atoms with Crippen LogP contribution in [0.4, 0.5) is 0 Å². The number of carbonyl (C=O) groups is 1. The van der Waals surface area contributed by atoms with Gasteiger partial charge in [-0.25, -0.2) is 8.42 Å². The Bertz CT molecular complexity index is 585. The third-order valence-corrected chi connectivity index (χ3v) is 5.78. The Morgan fingerprint density at radius 2 is 2.00 bits per heavy atom. The number of nitrogens with zero attached hydrogens (tertiary/aromatic N) is 1.